The molecule has 11 heteroatoms. The summed E-state index contributed by atoms with van der Waals surface area (Å²) in [6.45, 7) is 4.47. The van der Waals surface area contributed by atoms with E-state index < -0.39 is 35.9 Å². The van der Waals surface area contributed by atoms with Gasteiger partial charge in [0.25, 0.3) is 0 Å². The summed E-state index contributed by atoms with van der Waals surface area (Å²) in [5.41, 5.74) is 0.648. The van der Waals surface area contributed by atoms with Gasteiger partial charge in [-0.3, -0.25) is 14.4 Å². The Labute approximate surface area is 204 Å². The van der Waals surface area contributed by atoms with E-state index in [2.05, 4.69) is 33.9 Å². The zero-order valence-corrected chi connectivity index (χ0v) is 20.3. The molecular formula is C23H34N4O6S. The van der Waals surface area contributed by atoms with Crippen molar-refractivity contribution in [1.82, 2.24) is 21.3 Å². The van der Waals surface area contributed by atoms with Crippen LogP contribution in [0.4, 0.5) is 0 Å². The summed E-state index contributed by atoms with van der Waals surface area (Å²) in [6, 6.07) is 2.56. The van der Waals surface area contributed by atoms with E-state index in [4.69, 9.17) is 0 Å². The van der Waals surface area contributed by atoms with Crippen LogP contribution in [0.5, 0.6) is 5.75 Å². The summed E-state index contributed by atoms with van der Waals surface area (Å²) < 4.78 is 0. The van der Waals surface area contributed by atoms with Crippen LogP contribution in [0.3, 0.4) is 0 Å². The van der Waals surface area contributed by atoms with Gasteiger partial charge in [0, 0.05) is 12.2 Å². The number of aromatic hydroxyl groups is 1. The Balaban J connectivity index is 2.21. The second kappa shape index (κ2) is 13.2. The lowest BCUT2D eigenvalue weighted by Gasteiger charge is -2.28. The third-order valence-corrected chi connectivity index (χ3v) is 6.34. The first-order chi connectivity index (χ1) is 16.2. The maximum atomic E-state index is 13.2. The number of phenols is 1. The third kappa shape index (κ3) is 7.91. The second-order valence-corrected chi connectivity index (χ2v) is 8.90. The van der Waals surface area contributed by atoms with Crippen molar-refractivity contribution in [1.29, 1.82) is 0 Å². The van der Waals surface area contributed by atoms with Crippen LogP contribution in [-0.4, -0.2) is 70.4 Å². The highest BCUT2D eigenvalue weighted by Gasteiger charge is 2.33. The molecule has 1 aliphatic heterocycles. The van der Waals surface area contributed by atoms with E-state index >= 15 is 0 Å². The average Bonchev–Trinajstić information content (AvgIpc) is 3.36. The minimum Gasteiger partial charge on any atom is -0.508 e. The van der Waals surface area contributed by atoms with Crippen molar-refractivity contribution in [3.05, 3.63) is 29.8 Å². The van der Waals surface area contributed by atoms with E-state index in [1.165, 1.54) is 12.1 Å². The number of aliphatic carboxylic acids is 1. The first-order valence-corrected chi connectivity index (χ1v) is 12.1. The first-order valence-electron chi connectivity index (χ1n) is 11.4. The van der Waals surface area contributed by atoms with Crippen LogP contribution in [0.15, 0.2) is 24.3 Å². The summed E-state index contributed by atoms with van der Waals surface area (Å²) in [4.78, 5) is 50.2. The molecule has 1 aliphatic rings. The summed E-state index contributed by atoms with van der Waals surface area (Å²) in [5, 5.41) is 29.8. The van der Waals surface area contributed by atoms with Gasteiger partial charge in [-0.1, -0.05) is 32.4 Å². The number of rotatable bonds is 12. The molecule has 2 rings (SSSR count). The van der Waals surface area contributed by atoms with Crippen molar-refractivity contribution in [3.8, 4) is 5.75 Å². The molecule has 1 fully saturated rings. The minimum absolute atomic E-state index is 0.0508. The quantitative estimate of drug-likeness (QED) is 0.205. The lowest BCUT2D eigenvalue weighted by atomic mass is 9.96. The number of benzene rings is 1. The van der Waals surface area contributed by atoms with Crippen molar-refractivity contribution >= 4 is 36.3 Å². The summed E-state index contributed by atoms with van der Waals surface area (Å²) >= 11 is 3.97. The predicted molar refractivity (Wildman–Crippen MR) is 130 cm³/mol. The van der Waals surface area contributed by atoms with Gasteiger partial charge in [0.15, 0.2) is 0 Å². The molecule has 5 atom stereocenters. The molecule has 0 saturated carbocycles. The molecule has 0 aliphatic carbocycles. The summed E-state index contributed by atoms with van der Waals surface area (Å²) in [6.07, 6.45) is 2.24. The molecule has 0 aromatic heterocycles. The molecule has 6 N–H and O–H groups in total. The standard InChI is InChI=1S/C23H34N4O6S/c1-3-13(2)19(27-20(29)16-5-4-10-24-16)22(31)25-17(11-14-6-8-15(28)9-7-14)21(30)26-18(12-34)23(32)33/h6-9,13,16-19,24,28,34H,3-5,10-12H2,1-2H3,(H,25,31)(H,26,30)(H,27,29)(H,32,33). The monoisotopic (exact) mass is 494 g/mol. The number of hydrogen-bond donors (Lipinski definition) is 7. The van der Waals surface area contributed by atoms with Gasteiger partial charge in [-0.05, 0) is 43.0 Å². The van der Waals surface area contributed by atoms with Crippen molar-refractivity contribution < 1.29 is 29.4 Å². The van der Waals surface area contributed by atoms with E-state index in [0.29, 0.717) is 18.4 Å². The van der Waals surface area contributed by atoms with Gasteiger partial charge in [0.05, 0.1) is 6.04 Å². The van der Waals surface area contributed by atoms with Gasteiger partial charge in [0.2, 0.25) is 17.7 Å². The number of phenolic OH excluding ortho intramolecular Hbond substituents is 1. The Bertz CT molecular complexity index is 860. The van der Waals surface area contributed by atoms with Crippen LogP contribution in [0.25, 0.3) is 0 Å². The minimum atomic E-state index is -1.24. The fraction of sp³-hybridized carbons (Fsp3) is 0.565. The van der Waals surface area contributed by atoms with Gasteiger partial charge in [-0.2, -0.15) is 12.6 Å². The van der Waals surface area contributed by atoms with Crippen LogP contribution >= 0.6 is 12.6 Å². The van der Waals surface area contributed by atoms with Crippen LogP contribution < -0.4 is 21.3 Å². The lowest BCUT2D eigenvalue weighted by Crippen LogP contribution is -2.59. The molecule has 1 aromatic rings. The molecule has 3 amide bonds. The topological polar surface area (TPSA) is 157 Å². The molecule has 10 nitrogen and oxygen atoms in total. The second-order valence-electron chi connectivity index (χ2n) is 8.53. The Morgan fingerprint density at radius 1 is 1.09 bits per heavy atom. The van der Waals surface area contributed by atoms with Crippen LogP contribution in [0.1, 0.15) is 38.7 Å². The third-order valence-electron chi connectivity index (χ3n) is 5.98. The highest BCUT2D eigenvalue weighted by Crippen LogP contribution is 2.14. The molecule has 1 saturated heterocycles. The maximum Gasteiger partial charge on any atom is 0.327 e. The van der Waals surface area contributed by atoms with E-state index in [9.17, 15) is 29.4 Å². The van der Waals surface area contributed by atoms with Gasteiger partial charge < -0.3 is 31.5 Å². The smallest absolute Gasteiger partial charge is 0.327 e. The van der Waals surface area contributed by atoms with Crippen molar-refractivity contribution in [2.24, 2.45) is 5.92 Å². The average molecular weight is 495 g/mol. The predicted octanol–water partition coefficient (Wildman–Crippen LogP) is 0.202. The lowest BCUT2D eigenvalue weighted by molar-refractivity contribution is -0.141. The first kappa shape index (κ1) is 27.5. The highest BCUT2D eigenvalue weighted by molar-refractivity contribution is 7.80. The number of carbonyl (C=O) groups is 4. The molecule has 0 bridgehead atoms. The zero-order chi connectivity index (χ0) is 25.3. The number of nitrogens with one attached hydrogen (secondary N) is 4. The number of hydrogen-bond acceptors (Lipinski definition) is 7. The molecule has 1 heterocycles. The largest absolute Gasteiger partial charge is 0.508 e. The number of carboxylic acid groups (broad SMARTS) is 1. The molecular weight excluding hydrogens is 460 g/mol. The van der Waals surface area contributed by atoms with Gasteiger partial charge >= 0.3 is 5.97 Å². The number of carboxylic acids is 1. The number of carbonyl (C=O) groups excluding carboxylic acids is 3. The Morgan fingerprint density at radius 3 is 2.26 bits per heavy atom. The normalized spacial score (nSPS) is 18.9. The molecule has 1 aromatic carbocycles. The van der Waals surface area contributed by atoms with Gasteiger partial charge in [-0.15, -0.1) is 0 Å². The SMILES string of the molecule is CCC(C)C(NC(=O)C1CCCN1)C(=O)NC(Cc1ccc(O)cc1)C(=O)NC(CS)C(=O)O. The molecule has 0 radical (unpaired) electrons. The Hall–Kier alpha value is -2.79. The van der Waals surface area contributed by atoms with Crippen LogP contribution in [0, 0.1) is 5.92 Å². The van der Waals surface area contributed by atoms with E-state index in [1.807, 2.05) is 13.8 Å². The fourth-order valence-corrected chi connectivity index (χ4v) is 3.91. The van der Waals surface area contributed by atoms with E-state index in [-0.39, 0.29) is 35.8 Å². The maximum absolute atomic E-state index is 13.2. The zero-order valence-electron chi connectivity index (χ0n) is 19.4. The van der Waals surface area contributed by atoms with E-state index in [0.717, 1.165) is 13.0 Å². The molecule has 34 heavy (non-hydrogen) atoms. The van der Waals surface area contributed by atoms with Crippen molar-refractivity contribution in [2.75, 3.05) is 12.3 Å². The summed E-state index contributed by atoms with van der Waals surface area (Å²) in [7, 11) is 0. The molecule has 0 spiro atoms. The van der Waals surface area contributed by atoms with Crippen molar-refractivity contribution in [3.63, 3.8) is 0 Å². The van der Waals surface area contributed by atoms with Crippen molar-refractivity contribution in [2.45, 2.75) is 63.7 Å². The van der Waals surface area contributed by atoms with E-state index in [1.54, 1.807) is 12.1 Å². The fourth-order valence-electron chi connectivity index (χ4n) is 3.66. The highest BCUT2D eigenvalue weighted by atomic mass is 32.1. The van der Waals surface area contributed by atoms with Crippen LogP contribution in [0.2, 0.25) is 0 Å². The molecule has 5 unspecified atom stereocenters. The molecule has 188 valence electrons. The van der Waals surface area contributed by atoms with Crippen LogP contribution in [-0.2, 0) is 25.6 Å². The Kier molecular flexibility index (Phi) is 10.6. The van der Waals surface area contributed by atoms with Gasteiger partial charge in [0.1, 0.15) is 23.9 Å². The number of thiol groups is 1. The number of amides is 3. The van der Waals surface area contributed by atoms with Gasteiger partial charge in [-0.25, -0.2) is 4.79 Å². The summed E-state index contributed by atoms with van der Waals surface area (Å²) in [5.74, 6) is -3.00. The Morgan fingerprint density at radius 2 is 1.74 bits per heavy atom.